The van der Waals surface area contributed by atoms with E-state index in [0.717, 1.165) is 43.9 Å². The Balaban J connectivity index is 1.62. The zero-order valence-electron chi connectivity index (χ0n) is 14.2. The fourth-order valence-electron chi connectivity index (χ4n) is 3.35. The average molecular weight is 322 g/mol. The number of hydrogen-bond donors (Lipinski definition) is 1. The molecule has 23 heavy (non-hydrogen) atoms. The quantitative estimate of drug-likeness (QED) is 0.904. The smallest absolute Gasteiger partial charge is 0.407 e. The van der Waals surface area contributed by atoms with Gasteiger partial charge >= 0.3 is 6.09 Å². The number of ether oxygens (including phenoxy) is 2. The molecule has 7 nitrogen and oxygen atoms in total. The molecule has 1 aromatic heterocycles. The minimum atomic E-state index is -0.468. The van der Waals surface area contributed by atoms with E-state index in [2.05, 4.69) is 20.1 Å². The molecule has 2 aliphatic rings. The Kier molecular flexibility index (Phi) is 4.57. The minimum Gasteiger partial charge on any atom is -0.444 e. The molecule has 0 spiro atoms. The van der Waals surface area contributed by atoms with E-state index in [1.54, 1.807) is 0 Å². The molecule has 2 atom stereocenters. The van der Waals surface area contributed by atoms with E-state index in [1.807, 2.05) is 20.8 Å². The van der Waals surface area contributed by atoms with Crippen LogP contribution in [-0.2, 0) is 22.6 Å². The molecule has 1 fully saturated rings. The van der Waals surface area contributed by atoms with Crippen molar-refractivity contribution in [1.29, 1.82) is 0 Å². The van der Waals surface area contributed by atoms with Crippen molar-refractivity contribution >= 4 is 6.09 Å². The molecule has 1 N–H and O–H groups in total. The van der Waals surface area contributed by atoms with Crippen molar-refractivity contribution < 1.29 is 14.3 Å². The molecule has 1 amide bonds. The third kappa shape index (κ3) is 4.02. The number of aromatic nitrogens is 3. The van der Waals surface area contributed by atoms with Gasteiger partial charge in [-0.2, -0.15) is 0 Å². The van der Waals surface area contributed by atoms with Crippen molar-refractivity contribution in [2.24, 2.45) is 0 Å². The molecule has 3 rings (SSSR count). The van der Waals surface area contributed by atoms with Crippen LogP contribution in [-0.4, -0.2) is 39.1 Å². The average Bonchev–Trinajstić information content (AvgIpc) is 2.89. The van der Waals surface area contributed by atoms with Gasteiger partial charge in [-0.15, -0.1) is 10.2 Å². The Bertz CT molecular complexity index is 564. The second kappa shape index (κ2) is 6.47. The van der Waals surface area contributed by atoms with Gasteiger partial charge in [0, 0.05) is 18.5 Å². The molecular weight excluding hydrogens is 296 g/mol. The maximum atomic E-state index is 12.0. The van der Waals surface area contributed by atoms with Crippen LogP contribution in [0.4, 0.5) is 4.79 Å². The van der Waals surface area contributed by atoms with E-state index in [-0.39, 0.29) is 12.1 Å². The van der Waals surface area contributed by atoms with Crippen LogP contribution in [0, 0.1) is 0 Å². The highest BCUT2D eigenvalue weighted by Gasteiger charge is 2.30. The van der Waals surface area contributed by atoms with Crippen LogP contribution in [0.5, 0.6) is 0 Å². The maximum Gasteiger partial charge on any atom is 0.407 e. The number of carbonyl (C=O) groups is 1. The third-order valence-electron chi connectivity index (χ3n) is 4.31. The molecule has 1 aliphatic heterocycles. The Morgan fingerprint density at radius 1 is 1.35 bits per heavy atom. The molecule has 0 unspecified atom stereocenters. The van der Waals surface area contributed by atoms with Gasteiger partial charge in [-0.25, -0.2) is 4.79 Å². The largest absolute Gasteiger partial charge is 0.444 e. The molecule has 1 saturated carbocycles. The van der Waals surface area contributed by atoms with Crippen molar-refractivity contribution in [3.05, 3.63) is 11.6 Å². The van der Waals surface area contributed by atoms with Crippen molar-refractivity contribution in [3.63, 3.8) is 0 Å². The Morgan fingerprint density at radius 3 is 2.96 bits per heavy atom. The highest BCUT2D eigenvalue weighted by molar-refractivity contribution is 5.68. The summed E-state index contributed by atoms with van der Waals surface area (Å²) in [6, 6.07) is 0.136. The number of rotatable bonds is 2. The summed E-state index contributed by atoms with van der Waals surface area (Å²) in [6.07, 6.45) is 3.70. The van der Waals surface area contributed by atoms with Gasteiger partial charge in [0.25, 0.3) is 0 Å². The van der Waals surface area contributed by atoms with Gasteiger partial charge in [0.2, 0.25) is 0 Å². The van der Waals surface area contributed by atoms with Gasteiger partial charge in [-0.1, -0.05) is 6.42 Å². The molecule has 2 heterocycles. The normalized spacial score (nSPS) is 24.8. The monoisotopic (exact) mass is 322 g/mol. The first kappa shape index (κ1) is 16.2. The van der Waals surface area contributed by atoms with E-state index >= 15 is 0 Å². The van der Waals surface area contributed by atoms with Crippen LogP contribution in [0.1, 0.15) is 64.0 Å². The van der Waals surface area contributed by atoms with Gasteiger partial charge < -0.3 is 19.4 Å². The van der Waals surface area contributed by atoms with Crippen molar-refractivity contribution in [1.82, 2.24) is 20.1 Å². The number of carbonyl (C=O) groups excluding carboxylic acids is 1. The lowest BCUT2D eigenvalue weighted by molar-refractivity contribution is 0.0489. The minimum absolute atomic E-state index is 0.136. The van der Waals surface area contributed by atoms with Crippen molar-refractivity contribution in [2.75, 3.05) is 6.61 Å². The standard InChI is InChI=1S/C16H26N4O3/c1-16(2,3)23-15(21)17-12-6-4-5-11(9-12)14-19-18-13-10-22-8-7-20(13)14/h11-12H,4-10H2,1-3H3,(H,17,21)/t11-,12+/m0/s1. The van der Waals surface area contributed by atoms with Crippen LogP contribution in [0.25, 0.3) is 0 Å². The summed E-state index contributed by atoms with van der Waals surface area (Å²) in [5.41, 5.74) is -0.468. The second-order valence-electron chi connectivity index (χ2n) is 7.39. The van der Waals surface area contributed by atoms with E-state index in [0.29, 0.717) is 19.1 Å². The van der Waals surface area contributed by atoms with Crippen LogP contribution >= 0.6 is 0 Å². The molecule has 0 saturated heterocycles. The Labute approximate surface area is 136 Å². The fraction of sp³-hybridized carbons (Fsp3) is 0.812. The molecular formula is C16H26N4O3. The first-order valence-electron chi connectivity index (χ1n) is 8.41. The lowest BCUT2D eigenvalue weighted by Gasteiger charge is -2.30. The molecule has 0 aromatic carbocycles. The van der Waals surface area contributed by atoms with Gasteiger partial charge in [0.1, 0.15) is 18.0 Å². The van der Waals surface area contributed by atoms with Crippen LogP contribution in [0.2, 0.25) is 0 Å². The molecule has 1 aromatic rings. The predicted molar refractivity (Wildman–Crippen MR) is 84.0 cm³/mol. The van der Waals surface area contributed by atoms with Gasteiger partial charge in [0.15, 0.2) is 5.82 Å². The lowest BCUT2D eigenvalue weighted by atomic mass is 9.85. The lowest BCUT2D eigenvalue weighted by Crippen LogP contribution is -2.41. The van der Waals surface area contributed by atoms with Gasteiger partial charge in [-0.05, 0) is 40.0 Å². The SMILES string of the molecule is CC(C)(C)OC(=O)N[C@@H]1CCC[C@H](c2nnc3n2CCOC3)C1. The highest BCUT2D eigenvalue weighted by atomic mass is 16.6. The molecule has 128 valence electrons. The first-order valence-corrected chi connectivity index (χ1v) is 8.41. The van der Waals surface area contributed by atoms with E-state index in [9.17, 15) is 4.79 Å². The molecule has 0 radical (unpaired) electrons. The highest BCUT2D eigenvalue weighted by Crippen LogP contribution is 2.33. The summed E-state index contributed by atoms with van der Waals surface area (Å²) in [6.45, 7) is 7.70. The summed E-state index contributed by atoms with van der Waals surface area (Å²) in [4.78, 5) is 12.0. The first-order chi connectivity index (χ1) is 10.9. The van der Waals surface area contributed by atoms with Crippen molar-refractivity contribution in [2.45, 2.75) is 77.2 Å². The number of nitrogens with one attached hydrogen (secondary N) is 1. The number of amides is 1. The number of alkyl carbamates (subject to hydrolysis) is 1. The number of fused-ring (bicyclic) bond motifs is 1. The second-order valence-corrected chi connectivity index (χ2v) is 7.39. The van der Waals surface area contributed by atoms with E-state index in [1.165, 1.54) is 0 Å². The van der Waals surface area contributed by atoms with Crippen molar-refractivity contribution in [3.8, 4) is 0 Å². The third-order valence-corrected chi connectivity index (χ3v) is 4.31. The van der Waals surface area contributed by atoms with E-state index in [4.69, 9.17) is 9.47 Å². The Hall–Kier alpha value is -1.63. The summed E-state index contributed by atoms with van der Waals surface area (Å²) >= 11 is 0. The number of hydrogen-bond acceptors (Lipinski definition) is 5. The molecule has 0 bridgehead atoms. The van der Waals surface area contributed by atoms with Crippen LogP contribution < -0.4 is 5.32 Å². The topological polar surface area (TPSA) is 78.3 Å². The van der Waals surface area contributed by atoms with E-state index < -0.39 is 5.60 Å². The zero-order chi connectivity index (χ0) is 16.4. The summed E-state index contributed by atoms with van der Waals surface area (Å²) < 4.78 is 13.0. The van der Waals surface area contributed by atoms with Gasteiger partial charge in [0.05, 0.1) is 6.61 Å². The molecule has 1 aliphatic carbocycles. The maximum absolute atomic E-state index is 12.0. The molecule has 7 heteroatoms. The fourth-order valence-corrected chi connectivity index (χ4v) is 3.35. The van der Waals surface area contributed by atoms with Gasteiger partial charge in [-0.3, -0.25) is 0 Å². The summed E-state index contributed by atoms with van der Waals surface area (Å²) in [5, 5.41) is 11.6. The summed E-state index contributed by atoms with van der Waals surface area (Å²) in [7, 11) is 0. The Morgan fingerprint density at radius 2 is 2.17 bits per heavy atom. The summed E-state index contributed by atoms with van der Waals surface area (Å²) in [5.74, 6) is 2.29. The van der Waals surface area contributed by atoms with Crippen LogP contribution in [0.3, 0.4) is 0 Å². The zero-order valence-corrected chi connectivity index (χ0v) is 14.2. The van der Waals surface area contributed by atoms with Crippen LogP contribution in [0.15, 0.2) is 0 Å². The number of nitrogens with zero attached hydrogens (tertiary/aromatic N) is 3. The predicted octanol–water partition coefficient (Wildman–Crippen LogP) is 2.36.